The van der Waals surface area contributed by atoms with Crippen LogP contribution in [0.15, 0.2) is 36.5 Å². The third-order valence-electron chi connectivity index (χ3n) is 13.1. The summed E-state index contributed by atoms with van der Waals surface area (Å²) < 4.78 is 5.48. The number of unbranched alkanes of at least 4 members (excludes halogenated alkanes) is 38. The zero-order valence-electron chi connectivity index (χ0n) is 43.5. The number of carbonyl (C=O) groups excluding carboxylic acids is 2. The molecule has 0 heterocycles. The smallest absolute Gasteiger partial charge is 0.305 e. The number of allylic oxidation sites excluding steroid dienone is 5. The number of carbonyl (C=O) groups is 2. The Morgan fingerprint density at radius 3 is 1.09 bits per heavy atom. The molecule has 1 amide bonds. The molecule has 0 aromatic carbocycles. The Labute approximate surface area is 404 Å². The van der Waals surface area contributed by atoms with E-state index >= 15 is 0 Å². The van der Waals surface area contributed by atoms with E-state index in [1.807, 2.05) is 6.08 Å². The van der Waals surface area contributed by atoms with Crippen molar-refractivity contribution in [2.45, 2.75) is 315 Å². The van der Waals surface area contributed by atoms with Gasteiger partial charge in [-0.25, -0.2) is 0 Å². The van der Waals surface area contributed by atoms with Crippen molar-refractivity contribution in [3.8, 4) is 0 Å². The molecule has 0 saturated heterocycles. The van der Waals surface area contributed by atoms with E-state index < -0.39 is 12.1 Å². The lowest BCUT2D eigenvalue weighted by Gasteiger charge is -2.20. The number of hydrogen-bond acceptors (Lipinski definition) is 5. The Morgan fingerprint density at radius 1 is 0.415 bits per heavy atom. The van der Waals surface area contributed by atoms with Crippen LogP contribution in [0.5, 0.6) is 0 Å². The first-order valence-corrected chi connectivity index (χ1v) is 28.8. The number of amides is 1. The molecule has 0 aromatic rings. The number of nitrogens with one attached hydrogen (secondary N) is 1. The quantitative estimate of drug-likeness (QED) is 0.0321. The van der Waals surface area contributed by atoms with Gasteiger partial charge < -0.3 is 20.3 Å². The van der Waals surface area contributed by atoms with Crippen LogP contribution in [0, 0.1) is 0 Å². The molecule has 0 aromatic heterocycles. The highest BCUT2D eigenvalue weighted by atomic mass is 16.5. The first kappa shape index (κ1) is 63.1. The summed E-state index contributed by atoms with van der Waals surface area (Å²) >= 11 is 0. The molecular formula is C59H111NO5. The number of esters is 1. The van der Waals surface area contributed by atoms with Crippen LogP contribution >= 0.6 is 0 Å². The minimum absolute atomic E-state index is 0.000203. The summed E-state index contributed by atoms with van der Waals surface area (Å²) in [5.74, 6) is -0.0776. The van der Waals surface area contributed by atoms with Crippen LogP contribution < -0.4 is 5.32 Å². The highest BCUT2D eigenvalue weighted by Gasteiger charge is 2.18. The largest absolute Gasteiger partial charge is 0.466 e. The number of aliphatic hydroxyl groups is 2. The minimum atomic E-state index is -0.848. The van der Waals surface area contributed by atoms with Crippen LogP contribution in [0.4, 0.5) is 0 Å². The molecular weight excluding hydrogens is 803 g/mol. The molecule has 0 bridgehead atoms. The van der Waals surface area contributed by atoms with Gasteiger partial charge in [0.15, 0.2) is 0 Å². The molecule has 0 aliphatic rings. The number of hydrogen-bond donors (Lipinski definition) is 3. The van der Waals surface area contributed by atoms with Crippen LogP contribution in [0.3, 0.4) is 0 Å². The second kappa shape index (κ2) is 54.7. The molecule has 0 aliphatic heterocycles. The van der Waals surface area contributed by atoms with Gasteiger partial charge in [0, 0.05) is 12.8 Å². The summed E-state index contributed by atoms with van der Waals surface area (Å²) in [5.41, 5.74) is 0. The van der Waals surface area contributed by atoms with E-state index in [-0.39, 0.29) is 18.5 Å². The summed E-state index contributed by atoms with van der Waals surface area (Å²) in [6.45, 7) is 4.88. The first-order valence-electron chi connectivity index (χ1n) is 28.8. The van der Waals surface area contributed by atoms with Crippen LogP contribution in [-0.2, 0) is 14.3 Å². The Balaban J connectivity index is 3.43. The fraction of sp³-hybridized carbons (Fsp3) is 0.864. The molecule has 0 fully saturated rings. The van der Waals surface area contributed by atoms with Gasteiger partial charge in [-0.15, -0.1) is 0 Å². The SMILES string of the molecule is CCCCCCCCC/C=C\CCCCCCCC(=O)OCCCCCCCCCCCC/C=C\CCCCCCCCCC(=O)NC(CO)C(O)/C=C/CCCCCCCCCCC. The fourth-order valence-electron chi connectivity index (χ4n) is 8.68. The van der Waals surface area contributed by atoms with Crippen molar-refractivity contribution in [3.05, 3.63) is 36.5 Å². The van der Waals surface area contributed by atoms with Crippen LogP contribution in [0.2, 0.25) is 0 Å². The highest BCUT2D eigenvalue weighted by Crippen LogP contribution is 2.16. The van der Waals surface area contributed by atoms with E-state index in [1.165, 1.54) is 225 Å². The molecule has 382 valence electrons. The van der Waals surface area contributed by atoms with E-state index in [0.717, 1.165) is 51.4 Å². The molecule has 6 heteroatoms. The molecule has 2 atom stereocenters. The van der Waals surface area contributed by atoms with Gasteiger partial charge in [0.2, 0.25) is 5.91 Å². The average Bonchev–Trinajstić information content (AvgIpc) is 3.31. The summed E-state index contributed by atoms with van der Waals surface area (Å²) in [5, 5.41) is 23.0. The predicted octanol–water partition coefficient (Wildman–Crippen LogP) is 17.6. The zero-order valence-corrected chi connectivity index (χ0v) is 43.5. The molecule has 6 nitrogen and oxygen atoms in total. The molecule has 0 saturated carbocycles. The highest BCUT2D eigenvalue weighted by molar-refractivity contribution is 5.76. The van der Waals surface area contributed by atoms with E-state index in [1.54, 1.807) is 6.08 Å². The third-order valence-corrected chi connectivity index (χ3v) is 13.1. The molecule has 0 spiro atoms. The van der Waals surface area contributed by atoms with E-state index in [2.05, 4.69) is 43.5 Å². The van der Waals surface area contributed by atoms with Gasteiger partial charge in [-0.2, -0.15) is 0 Å². The maximum Gasteiger partial charge on any atom is 0.305 e. The Bertz CT molecular complexity index is 1060. The second-order valence-electron chi connectivity index (χ2n) is 19.6. The van der Waals surface area contributed by atoms with Gasteiger partial charge in [-0.3, -0.25) is 9.59 Å². The first-order chi connectivity index (χ1) is 32.0. The van der Waals surface area contributed by atoms with Crippen molar-refractivity contribution in [3.63, 3.8) is 0 Å². The van der Waals surface area contributed by atoms with E-state index in [4.69, 9.17) is 4.74 Å². The molecule has 65 heavy (non-hydrogen) atoms. The number of aliphatic hydroxyl groups excluding tert-OH is 2. The van der Waals surface area contributed by atoms with Crippen molar-refractivity contribution >= 4 is 11.9 Å². The fourth-order valence-corrected chi connectivity index (χ4v) is 8.68. The summed E-state index contributed by atoms with van der Waals surface area (Å²) in [4.78, 5) is 24.5. The van der Waals surface area contributed by atoms with Gasteiger partial charge in [0.25, 0.3) is 0 Å². The van der Waals surface area contributed by atoms with Gasteiger partial charge >= 0.3 is 5.97 Å². The van der Waals surface area contributed by atoms with E-state index in [0.29, 0.717) is 19.4 Å². The van der Waals surface area contributed by atoms with Crippen molar-refractivity contribution in [1.29, 1.82) is 0 Å². The summed E-state index contributed by atoms with van der Waals surface area (Å²) in [6.07, 6.45) is 67.4. The molecule has 0 radical (unpaired) electrons. The van der Waals surface area contributed by atoms with Gasteiger partial charge in [-0.1, -0.05) is 243 Å². The molecule has 0 rings (SSSR count). The molecule has 0 aliphatic carbocycles. The Hall–Kier alpha value is -1.92. The predicted molar refractivity (Wildman–Crippen MR) is 283 cm³/mol. The van der Waals surface area contributed by atoms with Gasteiger partial charge in [0.1, 0.15) is 0 Å². The van der Waals surface area contributed by atoms with Crippen molar-refractivity contribution in [2.75, 3.05) is 13.2 Å². The topological polar surface area (TPSA) is 95.9 Å². The second-order valence-corrected chi connectivity index (χ2v) is 19.6. The summed E-state index contributed by atoms with van der Waals surface area (Å²) in [6, 6.07) is -0.632. The van der Waals surface area contributed by atoms with Crippen LogP contribution in [0.25, 0.3) is 0 Å². The Morgan fingerprint density at radius 2 is 0.723 bits per heavy atom. The number of ether oxygens (including phenoxy) is 1. The minimum Gasteiger partial charge on any atom is -0.466 e. The maximum atomic E-state index is 12.4. The van der Waals surface area contributed by atoms with Crippen molar-refractivity contribution < 1.29 is 24.5 Å². The Kier molecular flexibility index (Phi) is 53.1. The van der Waals surface area contributed by atoms with Crippen molar-refractivity contribution in [1.82, 2.24) is 5.32 Å². The lowest BCUT2D eigenvalue weighted by molar-refractivity contribution is -0.143. The standard InChI is InChI=1S/C59H111NO5/c1-3-5-7-9-11-13-15-16-17-26-29-33-37-41-45-49-53-59(64)65-54-50-46-42-38-34-30-27-24-22-20-18-19-21-23-25-28-32-36-40-44-48-52-58(63)60-56(55-61)57(62)51-47-43-39-35-31-14-12-10-8-6-4-2/h17,19,21,26,47,51,56-57,61-62H,3-16,18,20,22-25,27-46,48-50,52-55H2,1-2H3,(H,60,63)/b21-19-,26-17-,51-47+. The maximum absolute atomic E-state index is 12.4. The zero-order chi connectivity index (χ0) is 47.2. The monoisotopic (exact) mass is 914 g/mol. The lowest BCUT2D eigenvalue weighted by atomic mass is 10.0. The number of rotatable bonds is 53. The molecule has 2 unspecified atom stereocenters. The lowest BCUT2D eigenvalue weighted by Crippen LogP contribution is -2.45. The van der Waals surface area contributed by atoms with Crippen LogP contribution in [-0.4, -0.2) is 47.4 Å². The van der Waals surface area contributed by atoms with Crippen molar-refractivity contribution in [2.24, 2.45) is 0 Å². The van der Waals surface area contributed by atoms with Crippen LogP contribution in [0.1, 0.15) is 303 Å². The van der Waals surface area contributed by atoms with Gasteiger partial charge in [0.05, 0.1) is 25.4 Å². The van der Waals surface area contributed by atoms with E-state index in [9.17, 15) is 19.8 Å². The average molecular weight is 915 g/mol. The molecule has 3 N–H and O–H groups in total. The summed E-state index contributed by atoms with van der Waals surface area (Å²) in [7, 11) is 0. The third kappa shape index (κ3) is 51.3. The van der Waals surface area contributed by atoms with Gasteiger partial charge in [-0.05, 0) is 83.5 Å². The normalized spacial score (nSPS) is 12.9.